The molecule has 0 aliphatic heterocycles. The molecular formula is C28H22ClF4N3O3. The summed E-state index contributed by atoms with van der Waals surface area (Å²) < 4.78 is 58.7. The highest BCUT2D eigenvalue weighted by molar-refractivity contribution is 6.30. The number of benzene rings is 3. The van der Waals surface area contributed by atoms with Gasteiger partial charge in [-0.3, -0.25) is 4.79 Å². The maximum absolute atomic E-state index is 14.8. The first kappa shape index (κ1) is 26.7. The quantitative estimate of drug-likeness (QED) is 0.242. The van der Waals surface area contributed by atoms with Crippen LogP contribution in [0.3, 0.4) is 0 Å². The lowest BCUT2D eigenvalue weighted by atomic mass is 9.83. The third-order valence-corrected chi connectivity index (χ3v) is 7.26. The van der Waals surface area contributed by atoms with Gasteiger partial charge < -0.3 is 15.0 Å². The lowest BCUT2D eigenvalue weighted by Gasteiger charge is -2.32. The van der Waals surface area contributed by atoms with Gasteiger partial charge in [0.2, 0.25) is 5.91 Å². The number of aromatic nitrogens is 2. The molecule has 1 aliphatic rings. The van der Waals surface area contributed by atoms with Crippen molar-refractivity contribution in [2.45, 2.75) is 38.1 Å². The Morgan fingerprint density at radius 2 is 1.62 bits per heavy atom. The Bertz CT molecular complexity index is 1580. The Balaban J connectivity index is 1.72. The SMILES string of the molecule is O=C(O)c1cc(F)cc(F)c1NC(=O)C(C1CCCCC1)n1c(-c2ccc(Cl)cc2)nc2cc(F)c(F)cc21. The standard InChI is InChI=1S/C28H22ClF4N3O3/c29-16-8-6-15(7-9-16)26-34-22-12-19(31)20(32)13-23(22)36(26)25(14-4-2-1-3-5-14)27(37)35-24-18(28(38)39)10-17(30)11-21(24)33/h6-14,25H,1-5H2,(H,35,37)(H,38,39). The molecule has 1 amide bonds. The lowest BCUT2D eigenvalue weighted by molar-refractivity contribution is -0.121. The van der Waals surface area contributed by atoms with E-state index >= 15 is 0 Å². The molecule has 0 bridgehead atoms. The normalized spacial score (nSPS) is 14.9. The number of aromatic carboxylic acids is 1. The van der Waals surface area contributed by atoms with Crippen LogP contribution in [-0.2, 0) is 4.79 Å². The molecule has 1 atom stereocenters. The van der Waals surface area contributed by atoms with Crippen LogP contribution in [0.4, 0.5) is 23.2 Å². The molecule has 1 unspecified atom stereocenters. The van der Waals surface area contributed by atoms with Gasteiger partial charge in [-0.25, -0.2) is 27.3 Å². The van der Waals surface area contributed by atoms with Gasteiger partial charge >= 0.3 is 5.97 Å². The number of imidazole rings is 1. The van der Waals surface area contributed by atoms with E-state index in [2.05, 4.69) is 10.3 Å². The van der Waals surface area contributed by atoms with Gasteiger partial charge in [-0.05, 0) is 49.1 Å². The number of carboxylic acids is 1. The van der Waals surface area contributed by atoms with Gasteiger partial charge in [0, 0.05) is 28.8 Å². The zero-order valence-corrected chi connectivity index (χ0v) is 21.1. The molecule has 0 radical (unpaired) electrons. The van der Waals surface area contributed by atoms with Gasteiger partial charge in [0.15, 0.2) is 17.5 Å². The zero-order chi connectivity index (χ0) is 27.8. The fraction of sp³-hybridized carbons (Fsp3) is 0.250. The van der Waals surface area contributed by atoms with Crippen molar-refractivity contribution in [3.05, 3.63) is 82.4 Å². The highest BCUT2D eigenvalue weighted by Crippen LogP contribution is 2.40. The molecule has 1 heterocycles. The van der Waals surface area contributed by atoms with Crippen LogP contribution in [0.5, 0.6) is 0 Å². The fourth-order valence-corrected chi connectivity index (χ4v) is 5.36. The van der Waals surface area contributed by atoms with Crippen molar-refractivity contribution in [2.75, 3.05) is 5.32 Å². The Morgan fingerprint density at radius 3 is 2.28 bits per heavy atom. The lowest BCUT2D eigenvalue weighted by Crippen LogP contribution is -2.34. The molecule has 202 valence electrons. The predicted octanol–water partition coefficient (Wildman–Crippen LogP) is 7.37. The Labute approximate surface area is 225 Å². The average molecular weight is 560 g/mol. The third-order valence-electron chi connectivity index (χ3n) is 7.01. The summed E-state index contributed by atoms with van der Waals surface area (Å²) in [6.07, 6.45) is 3.73. The highest BCUT2D eigenvalue weighted by atomic mass is 35.5. The van der Waals surface area contributed by atoms with Crippen molar-refractivity contribution in [3.63, 3.8) is 0 Å². The summed E-state index contributed by atoms with van der Waals surface area (Å²) in [4.78, 5) is 30.2. The molecule has 1 aromatic heterocycles. The van der Waals surface area contributed by atoms with Gasteiger partial charge in [-0.2, -0.15) is 0 Å². The first-order valence-electron chi connectivity index (χ1n) is 12.3. The number of carbonyl (C=O) groups excluding carboxylic acids is 1. The monoisotopic (exact) mass is 559 g/mol. The summed E-state index contributed by atoms with van der Waals surface area (Å²) in [5.41, 5.74) is -0.729. The molecule has 0 spiro atoms. The molecule has 1 saturated carbocycles. The van der Waals surface area contributed by atoms with E-state index < -0.39 is 52.4 Å². The first-order chi connectivity index (χ1) is 18.6. The molecule has 0 saturated heterocycles. The number of hydrogen-bond acceptors (Lipinski definition) is 3. The van der Waals surface area contributed by atoms with Crippen molar-refractivity contribution < 1.29 is 32.3 Å². The van der Waals surface area contributed by atoms with E-state index in [1.165, 1.54) is 4.57 Å². The molecule has 1 fully saturated rings. The summed E-state index contributed by atoms with van der Waals surface area (Å²) in [6.45, 7) is 0. The van der Waals surface area contributed by atoms with Crippen LogP contribution in [-0.4, -0.2) is 26.5 Å². The molecule has 4 aromatic rings. The van der Waals surface area contributed by atoms with Crippen molar-refractivity contribution in [1.82, 2.24) is 9.55 Å². The van der Waals surface area contributed by atoms with E-state index in [-0.39, 0.29) is 22.8 Å². The van der Waals surface area contributed by atoms with E-state index in [1.54, 1.807) is 24.3 Å². The second-order valence-corrected chi connectivity index (χ2v) is 9.95. The van der Waals surface area contributed by atoms with E-state index in [1.807, 2.05) is 0 Å². The van der Waals surface area contributed by atoms with Crippen LogP contribution < -0.4 is 5.32 Å². The summed E-state index contributed by atoms with van der Waals surface area (Å²) >= 11 is 6.05. The van der Waals surface area contributed by atoms with Crippen LogP contribution in [0.15, 0.2) is 48.5 Å². The van der Waals surface area contributed by atoms with Crippen molar-refractivity contribution in [1.29, 1.82) is 0 Å². The fourth-order valence-electron chi connectivity index (χ4n) is 5.23. The van der Waals surface area contributed by atoms with Crippen molar-refractivity contribution in [2.24, 2.45) is 5.92 Å². The summed E-state index contributed by atoms with van der Waals surface area (Å²) in [5, 5.41) is 12.3. The summed E-state index contributed by atoms with van der Waals surface area (Å²) in [5.74, 6) is -7.18. The number of nitrogens with one attached hydrogen (secondary N) is 1. The Kier molecular flexibility index (Phi) is 7.31. The maximum atomic E-state index is 14.8. The number of hydrogen-bond donors (Lipinski definition) is 2. The van der Waals surface area contributed by atoms with Crippen LogP contribution in [0.1, 0.15) is 48.5 Å². The van der Waals surface area contributed by atoms with Gasteiger partial charge in [0.05, 0.1) is 22.3 Å². The van der Waals surface area contributed by atoms with Gasteiger partial charge in [0.25, 0.3) is 0 Å². The molecule has 1 aliphatic carbocycles. The number of nitrogens with zero attached hydrogens (tertiary/aromatic N) is 2. The topological polar surface area (TPSA) is 84.2 Å². The summed E-state index contributed by atoms with van der Waals surface area (Å²) in [6, 6.07) is 8.34. The largest absolute Gasteiger partial charge is 0.478 e. The second-order valence-electron chi connectivity index (χ2n) is 9.51. The van der Waals surface area contributed by atoms with Crippen LogP contribution in [0.2, 0.25) is 5.02 Å². The predicted molar refractivity (Wildman–Crippen MR) is 138 cm³/mol. The maximum Gasteiger partial charge on any atom is 0.338 e. The van der Waals surface area contributed by atoms with Gasteiger partial charge in [-0.15, -0.1) is 0 Å². The molecule has 3 aromatic carbocycles. The number of rotatable bonds is 6. The minimum Gasteiger partial charge on any atom is -0.478 e. The molecular weight excluding hydrogens is 538 g/mol. The number of amides is 1. The smallest absolute Gasteiger partial charge is 0.338 e. The van der Waals surface area contributed by atoms with Gasteiger partial charge in [-0.1, -0.05) is 30.9 Å². The molecule has 5 rings (SSSR count). The average Bonchev–Trinajstić information content (AvgIpc) is 3.24. The molecule has 6 nitrogen and oxygen atoms in total. The van der Waals surface area contributed by atoms with Crippen molar-refractivity contribution in [3.8, 4) is 11.4 Å². The first-order valence-corrected chi connectivity index (χ1v) is 12.7. The number of fused-ring (bicyclic) bond motifs is 1. The van der Waals surface area contributed by atoms with Crippen molar-refractivity contribution >= 4 is 40.2 Å². The number of carbonyl (C=O) groups is 2. The third kappa shape index (κ3) is 5.21. The van der Waals surface area contributed by atoms with Crippen LogP contribution in [0, 0.1) is 29.2 Å². The minimum absolute atomic E-state index is 0.0895. The summed E-state index contributed by atoms with van der Waals surface area (Å²) in [7, 11) is 0. The van der Waals surface area contributed by atoms with E-state index in [0.29, 0.717) is 35.6 Å². The molecule has 11 heteroatoms. The highest BCUT2D eigenvalue weighted by Gasteiger charge is 2.36. The number of halogens is 5. The van der Waals surface area contributed by atoms with Crippen LogP contribution in [0.25, 0.3) is 22.4 Å². The minimum atomic E-state index is -1.63. The van der Waals surface area contributed by atoms with E-state index in [0.717, 1.165) is 31.4 Å². The zero-order valence-electron chi connectivity index (χ0n) is 20.4. The van der Waals surface area contributed by atoms with E-state index in [9.17, 15) is 32.3 Å². The van der Waals surface area contributed by atoms with Gasteiger partial charge in [0.1, 0.15) is 17.7 Å². The second kappa shape index (κ2) is 10.7. The van der Waals surface area contributed by atoms with Crippen LogP contribution >= 0.6 is 11.6 Å². The molecule has 39 heavy (non-hydrogen) atoms. The Hall–Kier alpha value is -3.92. The number of anilines is 1. The number of carboxylic acid groups (broad SMARTS) is 1. The Morgan fingerprint density at radius 1 is 0.949 bits per heavy atom. The van der Waals surface area contributed by atoms with E-state index in [4.69, 9.17) is 11.6 Å². The molecule has 2 N–H and O–H groups in total.